The maximum Gasteiger partial charge on any atom is 0.288 e. The summed E-state index contributed by atoms with van der Waals surface area (Å²) in [5, 5.41) is 3.36. The first-order chi connectivity index (χ1) is 13.1. The Morgan fingerprint density at radius 3 is 2.63 bits per heavy atom. The summed E-state index contributed by atoms with van der Waals surface area (Å²) >= 11 is 0. The van der Waals surface area contributed by atoms with Gasteiger partial charge in [0.2, 0.25) is 5.76 Å². The Labute approximate surface area is 157 Å². The summed E-state index contributed by atoms with van der Waals surface area (Å²) in [6, 6.07) is 12.4. The SMILES string of the molecule is CCCCOc1ccc(C2NC(=O)c3oc4ccc(C)cc4c(=O)c32)cc1. The minimum absolute atomic E-state index is 0.102. The highest BCUT2D eigenvalue weighted by Crippen LogP contribution is 2.31. The Balaban J connectivity index is 1.73. The van der Waals surface area contributed by atoms with Crippen molar-refractivity contribution in [3.8, 4) is 5.75 Å². The van der Waals surface area contributed by atoms with Gasteiger partial charge < -0.3 is 14.5 Å². The zero-order valence-electron chi connectivity index (χ0n) is 15.4. The molecule has 1 amide bonds. The van der Waals surface area contributed by atoms with Crippen LogP contribution < -0.4 is 15.5 Å². The number of benzene rings is 2. The van der Waals surface area contributed by atoms with E-state index in [1.165, 1.54) is 0 Å². The molecule has 0 radical (unpaired) electrons. The number of amides is 1. The zero-order chi connectivity index (χ0) is 19.0. The lowest BCUT2D eigenvalue weighted by Crippen LogP contribution is -2.21. The van der Waals surface area contributed by atoms with E-state index >= 15 is 0 Å². The van der Waals surface area contributed by atoms with E-state index in [2.05, 4.69) is 12.2 Å². The lowest BCUT2D eigenvalue weighted by atomic mass is 9.99. The molecular formula is C22H21NO4. The van der Waals surface area contributed by atoms with Crippen LogP contribution >= 0.6 is 0 Å². The molecule has 0 saturated heterocycles. The lowest BCUT2D eigenvalue weighted by molar-refractivity contribution is 0.0938. The highest BCUT2D eigenvalue weighted by atomic mass is 16.5. The summed E-state index contributed by atoms with van der Waals surface area (Å²) < 4.78 is 11.4. The van der Waals surface area contributed by atoms with E-state index in [0.717, 1.165) is 29.7 Å². The molecule has 1 N–H and O–H groups in total. The number of nitrogens with one attached hydrogen (secondary N) is 1. The van der Waals surface area contributed by atoms with Crippen LogP contribution in [0.2, 0.25) is 0 Å². The van der Waals surface area contributed by atoms with Crippen molar-refractivity contribution in [3.63, 3.8) is 0 Å². The highest BCUT2D eigenvalue weighted by Gasteiger charge is 2.35. The normalized spacial score (nSPS) is 15.6. The molecule has 138 valence electrons. The van der Waals surface area contributed by atoms with E-state index in [1.807, 2.05) is 37.3 Å². The van der Waals surface area contributed by atoms with Crippen molar-refractivity contribution >= 4 is 16.9 Å². The van der Waals surface area contributed by atoms with Gasteiger partial charge in [-0.3, -0.25) is 9.59 Å². The van der Waals surface area contributed by atoms with Crippen LogP contribution in [0.25, 0.3) is 11.0 Å². The number of unbranched alkanes of at least 4 members (excludes halogenated alkanes) is 1. The molecule has 3 aromatic rings. The standard InChI is InChI=1S/C22H21NO4/c1-3-4-11-26-15-8-6-14(7-9-15)19-18-20(24)16-12-13(2)5-10-17(16)27-21(18)22(25)23-19/h5-10,12,19H,3-4,11H2,1-2H3,(H,23,25). The first-order valence-electron chi connectivity index (χ1n) is 9.19. The molecule has 0 saturated carbocycles. The number of ether oxygens (including phenoxy) is 1. The van der Waals surface area contributed by atoms with Crippen molar-refractivity contribution in [2.24, 2.45) is 0 Å². The van der Waals surface area contributed by atoms with E-state index in [0.29, 0.717) is 23.1 Å². The molecule has 0 spiro atoms. The molecule has 5 heteroatoms. The molecule has 0 fully saturated rings. The third-order valence-electron chi connectivity index (χ3n) is 4.83. The van der Waals surface area contributed by atoms with Crippen LogP contribution in [0.3, 0.4) is 0 Å². The quantitative estimate of drug-likeness (QED) is 0.693. The Kier molecular flexibility index (Phi) is 4.44. The molecule has 1 atom stereocenters. The minimum Gasteiger partial charge on any atom is -0.494 e. The molecule has 2 heterocycles. The maximum absolute atomic E-state index is 13.1. The van der Waals surface area contributed by atoms with E-state index in [-0.39, 0.29) is 17.1 Å². The number of rotatable bonds is 5. The average molecular weight is 363 g/mol. The third-order valence-corrected chi connectivity index (χ3v) is 4.83. The number of hydrogen-bond donors (Lipinski definition) is 1. The predicted octanol–water partition coefficient (Wildman–Crippen LogP) is 4.11. The highest BCUT2D eigenvalue weighted by molar-refractivity contribution is 5.99. The number of carbonyl (C=O) groups excluding carboxylic acids is 1. The summed E-state index contributed by atoms with van der Waals surface area (Å²) in [6.45, 7) is 4.71. The van der Waals surface area contributed by atoms with Crippen molar-refractivity contribution in [1.82, 2.24) is 5.32 Å². The summed E-state index contributed by atoms with van der Waals surface area (Å²) in [5.41, 5.74) is 2.43. The third kappa shape index (κ3) is 3.10. The van der Waals surface area contributed by atoms with Crippen molar-refractivity contribution in [2.45, 2.75) is 32.7 Å². The molecule has 27 heavy (non-hydrogen) atoms. The van der Waals surface area contributed by atoms with Gasteiger partial charge in [-0.25, -0.2) is 0 Å². The lowest BCUT2D eigenvalue weighted by Gasteiger charge is -2.13. The van der Waals surface area contributed by atoms with Gasteiger partial charge in [-0.2, -0.15) is 0 Å². The van der Waals surface area contributed by atoms with Crippen molar-refractivity contribution in [2.75, 3.05) is 6.61 Å². The van der Waals surface area contributed by atoms with Crippen LogP contribution in [0.4, 0.5) is 0 Å². The largest absolute Gasteiger partial charge is 0.494 e. The van der Waals surface area contributed by atoms with Crippen LogP contribution in [0.1, 0.15) is 53.1 Å². The fourth-order valence-electron chi connectivity index (χ4n) is 3.36. The van der Waals surface area contributed by atoms with Crippen LogP contribution in [-0.2, 0) is 0 Å². The topological polar surface area (TPSA) is 68.5 Å². The molecule has 1 aromatic heterocycles. The number of fused-ring (bicyclic) bond motifs is 2. The van der Waals surface area contributed by atoms with Gasteiger partial charge in [0.05, 0.1) is 23.6 Å². The molecule has 5 nitrogen and oxygen atoms in total. The van der Waals surface area contributed by atoms with Gasteiger partial charge in [0.1, 0.15) is 11.3 Å². The van der Waals surface area contributed by atoms with Crippen LogP contribution in [0.15, 0.2) is 51.7 Å². The smallest absolute Gasteiger partial charge is 0.288 e. The van der Waals surface area contributed by atoms with Gasteiger partial charge in [-0.1, -0.05) is 37.1 Å². The molecule has 4 rings (SSSR count). The Bertz CT molecular complexity index is 1070. The average Bonchev–Trinajstić information content (AvgIpc) is 3.00. The molecule has 1 unspecified atom stereocenters. The van der Waals surface area contributed by atoms with Gasteiger partial charge in [-0.15, -0.1) is 0 Å². The zero-order valence-corrected chi connectivity index (χ0v) is 15.4. The molecule has 0 aliphatic carbocycles. The first-order valence-corrected chi connectivity index (χ1v) is 9.19. The van der Waals surface area contributed by atoms with Crippen molar-refractivity contribution in [3.05, 3.63) is 75.1 Å². The van der Waals surface area contributed by atoms with Gasteiger partial charge in [0.25, 0.3) is 5.91 Å². The van der Waals surface area contributed by atoms with Gasteiger partial charge in [0, 0.05) is 0 Å². The second kappa shape index (κ2) is 6.91. The number of aryl methyl sites for hydroxylation is 1. The maximum atomic E-state index is 13.1. The fraction of sp³-hybridized carbons (Fsp3) is 0.273. The fourth-order valence-corrected chi connectivity index (χ4v) is 3.36. The molecule has 0 bridgehead atoms. The van der Waals surface area contributed by atoms with Crippen LogP contribution in [0.5, 0.6) is 5.75 Å². The van der Waals surface area contributed by atoms with E-state index in [4.69, 9.17) is 9.15 Å². The van der Waals surface area contributed by atoms with Crippen molar-refractivity contribution in [1.29, 1.82) is 0 Å². The van der Waals surface area contributed by atoms with E-state index in [1.54, 1.807) is 12.1 Å². The summed E-state index contributed by atoms with van der Waals surface area (Å²) in [5.74, 6) is 0.514. The monoisotopic (exact) mass is 363 g/mol. The molecule has 2 aromatic carbocycles. The van der Waals surface area contributed by atoms with Crippen LogP contribution in [0, 0.1) is 6.92 Å². The predicted molar refractivity (Wildman–Crippen MR) is 103 cm³/mol. The number of carbonyl (C=O) groups is 1. The summed E-state index contributed by atoms with van der Waals surface area (Å²) in [6.07, 6.45) is 2.08. The summed E-state index contributed by atoms with van der Waals surface area (Å²) in [4.78, 5) is 25.5. The Morgan fingerprint density at radius 1 is 1.11 bits per heavy atom. The molecule has 1 aliphatic heterocycles. The Hall–Kier alpha value is -3.08. The number of hydrogen-bond acceptors (Lipinski definition) is 4. The minimum atomic E-state index is -0.515. The van der Waals surface area contributed by atoms with Gasteiger partial charge >= 0.3 is 0 Å². The van der Waals surface area contributed by atoms with Crippen molar-refractivity contribution < 1.29 is 13.9 Å². The van der Waals surface area contributed by atoms with Gasteiger partial charge in [0.15, 0.2) is 5.43 Å². The second-order valence-electron chi connectivity index (χ2n) is 6.85. The van der Waals surface area contributed by atoms with Crippen LogP contribution in [-0.4, -0.2) is 12.5 Å². The molecule has 1 aliphatic rings. The first kappa shape index (κ1) is 17.3. The van der Waals surface area contributed by atoms with Gasteiger partial charge in [-0.05, 0) is 43.2 Å². The molecular weight excluding hydrogens is 342 g/mol. The van der Waals surface area contributed by atoms with E-state index < -0.39 is 6.04 Å². The Morgan fingerprint density at radius 2 is 1.89 bits per heavy atom. The van der Waals surface area contributed by atoms with E-state index in [9.17, 15) is 9.59 Å². The second-order valence-corrected chi connectivity index (χ2v) is 6.85. The summed E-state index contributed by atoms with van der Waals surface area (Å²) in [7, 11) is 0.